The number of hydrogen-bond acceptors (Lipinski definition) is 3. The largest absolute Gasteiger partial charge is 0.416 e. The van der Waals surface area contributed by atoms with Crippen molar-refractivity contribution in [2.75, 3.05) is 32.6 Å². The lowest BCUT2D eigenvalue weighted by molar-refractivity contribution is -0.138. The molecule has 0 aliphatic carbocycles. The first-order valence-electron chi connectivity index (χ1n) is 10.00. The van der Waals surface area contributed by atoms with E-state index in [-0.39, 0.29) is 23.8 Å². The summed E-state index contributed by atoms with van der Waals surface area (Å²) in [6.45, 7) is 5.29. The summed E-state index contributed by atoms with van der Waals surface area (Å²) in [7, 11) is 3.42. The first-order chi connectivity index (χ1) is 14.1. The van der Waals surface area contributed by atoms with Crippen LogP contribution in [-0.2, 0) is 17.5 Å². The van der Waals surface area contributed by atoms with Crippen molar-refractivity contribution in [3.05, 3.63) is 52.3 Å². The molecule has 164 valence electrons. The van der Waals surface area contributed by atoms with Crippen molar-refractivity contribution in [2.24, 2.45) is 0 Å². The number of rotatable bonds is 5. The third-order valence-electron chi connectivity index (χ3n) is 5.39. The van der Waals surface area contributed by atoms with E-state index in [9.17, 15) is 18.0 Å². The van der Waals surface area contributed by atoms with Gasteiger partial charge in [-0.3, -0.25) is 4.79 Å². The zero-order valence-corrected chi connectivity index (χ0v) is 17.8. The van der Waals surface area contributed by atoms with Crippen LogP contribution in [0, 0.1) is 13.8 Å². The van der Waals surface area contributed by atoms with Crippen molar-refractivity contribution in [3.8, 4) is 0 Å². The number of benzene rings is 1. The third-order valence-corrected chi connectivity index (χ3v) is 5.39. The summed E-state index contributed by atoms with van der Waals surface area (Å²) in [5, 5.41) is 2.64. The lowest BCUT2D eigenvalue weighted by Gasteiger charge is -2.26. The first-order valence-corrected chi connectivity index (χ1v) is 10.00. The van der Waals surface area contributed by atoms with Crippen molar-refractivity contribution in [1.82, 2.24) is 9.47 Å². The molecule has 1 aromatic heterocycles. The number of anilines is 1. The van der Waals surface area contributed by atoms with Crippen LogP contribution in [0.3, 0.4) is 0 Å². The molecule has 0 spiro atoms. The number of ether oxygens (including phenoxy) is 1. The maximum Gasteiger partial charge on any atom is 0.416 e. The molecule has 1 saturated heterocycles. The molecule has 2 heterocycles. The Morgan fingerprint density at radius 2 is 2.00 bits per heavy atom. The van der Waals surface area contributed by atoms with Crippen LogP contribution >= 0.6 is 0 Å². The van der Waals surface area contributed by atoms with Crippen LogP contribution in [0.15, 0.2) is 24.3 Å². The Morgan fingerprint density at radius 3 is 2.60 bits per heavy atom. The van der Waals surface area contributed by atoms with E-state index >= 15 is 0 Å². The topological polar surface area (TPSA) is 46.5 Å². The Hall–Kier alpha value is -2.32. The SMILES string of the molecule is Cc1cc(C(=O)Nc2ccc(CN(C)C)c(C(F)(F)F)c2)c(C)n1C1CCCOC1. The molecule has 1 unspecified atom stereocenters. The Balaban J connectivity index is 1.86. The summed E-state index contributed by atoms with van der Waals surface area (Å²) in [6.07, 6.45) is -2.56. The van der Waals surface area contributed by atoms with Gasteiger partial charge in [-0.25, -0.2) is 0 Å². The minimum Gasteiger partial charge on any atom is -0.379 e. The number of halogens is 3. The Labute approximate surface area is 174 Å². The van der Waals surface area contributed by atoms with Crippen molar-refractivity contribution >= 4 is 11.6 Å². The molecule has 0 bridgehead atoms. The number of alkyl halides is 3. The van der Waals surface area contributed by atoms with Crippen LogP contribution in [0.5, 0.6) is 0 Å². The van der Waals surface area contributed by atoms with Gasteiger partial charge in [0, 0.05) is 30.2 Å². The van der Waals surface area contributed by atoms with Gasteiger partial charge in [-0.15, -0.1) is 0 Å². The second kappa shape index (κ2) is 8.81. The van der Waals surface area contributed by atoms with Gasteiger partial charge in [-0.05, 0) is 64.5 Å². The van der Waals surface area contributed by atoms with Gasteiger partial charge in [-0.2, -0.15) is 13.2 Å². The van der Waals surface area contributed by atoms with Crippen molar-refractivity contribution in [1.29, 1.82) is 0 Å². The highest BCUT2D eigenvalue weighted by Crippen LogP contribution is 2.34. The fourth-order valence-electron chi connectivity index (χ4n) is 4.09. The molecule has 1 amide bonds. The van der Waals surface area contributed by atoms with Gasteiger partial charge in [0.25, 0.3) is 5.91 Å². The summed E-state index contributed by atoms with van der Waals surface area (Å²) in [4.78, 5) is 14.5. The van der Waals surface area contributed by atoms with Crippen molar-refractivity contribution in [3.63, 3.8) is 0 Å². The van der Waals surface area contributed by atoms with E-state index in [0.717, 1.165) is 36.9 Å². The third kappa shape index (κ3) is 4.87. The molecule has 5 nitrogen and oxygen atoms in total. The van der Waals surface area contributed by atoms with Crippen LogP contribution < -0.4 is 5.32 Å². The number of carbonyl (C=O) groups excluding carboxylic acids is 1. The predicted molar refractivity (Wildman–Crippen MR) is 110 cm³/mol. The van der Waals surface area contributed by atoms with Gasteiger partial charge < -0.3 is 19.5 Å². The minimum absolute atomic E-state index is 0.126. The average molecular weight is 423 g/mol. The van der Waals surface area contributed by atoms with Crippen LogP contribution in [0.1, 0.15) is 51.8 Å². The van der Waals surface area contributed by atoms with Gasteiger partial charge >= 0.3 is 6.18 Å². The van der Waals surface area contributed by atoms with Gasteiger partial charge in [-0.1, -0.05) is 6.07 Å². The van der Waals surface area contributed by atoms with Crippen LogP contribution in [-0.4, -0.2) is 42.7 Å². The highest BCUT2D eigenvalue weighted by atomic mass is 19.4. The summed E-state index contributed by atoms with van der Waals surface area (Å²) < 4.78 is 48.2. The van der Waals surface area contributed by atoms with E-state index in [2.05, 4.69) is 9.88 Å². The highest BCUT2D eigenvalue weighted by molar-refractivity contribution is 6.05. The van der Waals surface area contributed by atoms with Gasteiger partial charge in [0.15, 0.2) is 0 Å². The van der Waals surface area contributed by atoms with E-state index in [1.165, 1.54) is 12.1 Å². The smallest absolute Gasteiger partial charge is 0.379 e. The fraction of sp³-hybridized carbons (Fsp3) is 0.500. The van der Waals surface area contributed by atoms with E-state index in [1.807, 2.05) is 13.8 Å². The van der Waals surface area contributed by atoms with Gasteiger partial charge in [0.05, 0.1) is 23.8 Å². The predicted octanol–water partition coefficient (Wildman–Crippen LogP) is 4.79. The monoisotopic (exact) mass is 423 g/mol. The van der Waals surface area contributed by atoms with E-state index in [4.69, 9.17) is 4.74 Å². The lowest BCUT2D eigenvalue weighted by atomic mass is 10.1. The Kier molecular flexibility index (Phi) is 6.57. The molecule has 30 heavy (non-hydrogen) atoms. The maximum absolute atomic E-state index is 13.5. The quantitative estimate of drug-likeness (QED) is 0.752. The number of nitrogens with zero attached hydrogens (tertiary/aromatic N) is 2. The Morgan fingerprint density at radius 1 is 1.27 bits per heavy atom. The van der Waals surface area contributed by atoms with E-state index < -0.39 is 17.6 Å². The van der Waals surface area contributed by atoms with Crippen LogP contribution in [0.25, 0.3) is 0 Å². The standard InChI is InChI=1S/C22H28F3N3O2/c1-14-10-19(15(2)28(14)18-6-5-9-30-13-18)21(29)26-17-8-7-16(12-27(3)4)20(11-17)22(23,24)25/h7-8,10-11,18H,5-6,9,12-13H2,1-4H3,(H,26,29). The molecule has 0 saturated carbocycles. The molecule has 3 rings (SSSR count). The van der Waals surface area contributed by atoms with Crippen LogP contribution in [0.4, 0.5) is 18.9 Å². The molecule has 1 N–H and O–H groups in total. The molecule has 1 aromatic carbocycles. The second-order valence-electron chi connectivity index (χ2n) is 8.09. The summed E-state index contributed by atoms with van der Waals surface area (Å²) in [5.41, 5.74) is 1.75. The molecule has 1 atom stereocenters. The minimum atomic E-state index is -4.50. The first kappa shape index (κ1) is 22.4. The number of carbonyl (C=O) groups is 1. The number of nitrogens with one attached hydrogen (secondary N) is 1. The summed E-state index contributed by atoms with van der Waals surface area (Å²) in [6, 6.07) is 5.89. The molecule has 0 radical (unpaired) electrons. The highest BCUT2D eigenvalue weighted by Gasteiger charge is 2.34. The molecule has 1 aliphatic rings. The van der Waals surface area contributed by atoms with Crippen molar-refractivity contribution in [2.45, 2.75) is 45.5 Å². The molecule has 2 aromatic rings. The van der Waals surface area contributed by atoms with Crippen LogP contribution in [0.2, 0.25) is 0 Å². The molecule has 1 fully saturated rings. The van der Waals surface area contributed by atoms with Gasteiger partial charge in [0.2, 0.25) is 0 Å². The van der Waals surface area contributed by atoms with E-state index in [1.54, 1.807) is 25.1 Å². The molecule has 1 aliphatic heterocycles. The molecule has 8 heteroatoms. The number of aromatic nitrogens is 1. The molecular weight excluding hydrogens is 395 g/mol. The Bertz CT molecular complexity index is 913. The average Bonchev–Trinajstić information content (AvgIpc) is 2.96. The lowest BCUT2D eigenvalue weighted by Crippen LogP contribution is -2.23. The zero-order valence-electron chi connectivity index (χ0n) is 17.8. The normalized spacial score (nSPS) is 17.4. The maximum atomic E-state index is 13.5. The summed E-state index contributed by atoms with van der Waals surface area (Å²) >= 11 is 0. The number of hydrogen-bond donors (Lipinski definition) is 1. The summed E-state index contributed by atoms with van der Waals surface area (Å²) in [5.74, 6) is -0.417. The number of aryl methyl sites for hydroxylation is 1. The zero-order chi connectivity index (χ0) is 22.1. The second-order valence-corrected chi connectivity index (χ2v) is 8.09. The van der Waals surface area contributed by atoms with Crippen molar-refractivity contribution < 1.29 is 22.7 Å². The number of amides is 1. The van der Waals surface area contributed by atoms with E-state index in [0.29, 0.717) is 12.2 Å². The molecular formula is C22H28F3N3O2. The van der Waals surface area contributed by atoms with Gasteiger partial charge in [0.1, 0.15) is 0 Å². The fourth-order valence-corrected chi connectivity index (χ4v) is 4.09.